The summed E-state index contributed by atoms with van der Waals surface area (Å²) < 4.78 is 43.6. The van der Waals surface area contributed by atoms with Gasteiger partial charge in [-0.1, -0.05) is 18.2 Å². The van der Waals surface area contributed by atoms with Crippen molar-refractivity contribution in [1.29, 1.82) is 0 Å². The molecular weight excluding hydrogens is 337 g/mol. The number of fused-ring (bicyclic) bond motifs is 1. The van der Waals surface area contributed by atoms with Crippen LogP contribution in [0.5, 0.6) is 0 Å². The topological polar surface area (TPSA) is 85.3 Å². The third-order valence-corrected chi connectivity index (χ3v) is 3.51. The largest absolute Gasteiger partial charge is 0.449 e. The molecule has 0 atom stereocenters. The van der Waals surface area contributed by atoms with Crippen LogP contribution in [0.4, 0.5) is 18.9 Å². The molecule has 2 amide bonds. The third kappa shape index (κ3) is 3.18. The number of para-hydroxylation sites is 1. The van der Waals surface area contributed by atoms with Gasteiger partial charge >= 0.3 is 6.18 Å². The molecule has 25 heavy (non-hydrogen) atoms. The maximum absolute atomic E-state index is 12.8. The highest BCUT2D eigenvalue weighted by atomic mass is 19.4. The van der Waals surface area contributed by atoms with Crippen molar-refractivity contribution >= 4 is 28.5 Å². The second-order valence-corrected chi connectivity index (χ2v) is 5.20. The van der Waals surface area contributed by atoms with E-state index in [0.29, 0.717) is 11.0 Å². The molecule has 1 heterocycles. The molecule has 0 aliphatic carbocycles. The van der Waals surface area contributed by atoms with Gasteiger partial charge in [-0.25, -0.2) is 0 Å². The normalized spacial score (nSPS) is 11.5. The lowest BCUT2D eigenvalue weighted by Crippen LogP contribution is -2.17. The maximum atomic E-state index is 12.8. The van der Waals surface area contributed by atoms with E-state index in [1.807, 2.05) is 0 Å². The number of amides is 2. The van der Waals surface area contributed by atoms with Crippen LogP contribution in [0.3, 0.4) is 0 Å². The number of hydrogen-bond acceptors (Lipinski definition) is 3. The van der Waals surface area contributed by atoms with Crippen molar-refractivity contribution in [3.63, 3.8) is 0 Å². The van der Waals surface area contributed by atoms with Gasteiger partial charge < -0.3 is 15.5 Å². The number of halogens is 3. The van der Waals surface area contributed by atoms with E-state index in [-0.39, 0.29) is 17.0 Å². The average molecular weight is 348 g/mol. The summed E-state index contributed by atoms with van der Waals surface area (Å²) in [5.41, 5.74) is 4.41. The number of benzene rings is 2. The standard InChI is InChI=1S/C17H11F3N2O3/c18-17(19,20)10-5-3-4-9(8-10)16(24)22-13-11-6-1-2-7-12(11)25-14(13)15(21)23/h1-8H,(H2,21,23)(H,22,24). The molecule has 3 N–H and O–H groups in total. The lowest BCUT2D eigenvalue weighted by molar-refractivity contribution is -0.137. The number of nitrogens with two attached hydrogens (primary N) is 1. The SMILES string of the molecule is NC(=O)c1oc2ccccc2c1NC(=O)c1cccc(C(F)(F)F)c1. The molecule has 0 radical (unpaired) electrons. The van der Waals surface area contributed by atoms with Crippen molar-refractivity contribution in [2.24, 2.45) is 5.73 Å². The summed E-state index contributed by atoms with van der Waals surface area (Å²) in [6.07, 6.45) is -4.57. The van der Waals surface area contributed by atoms with Crippen molar-refractivity contribution in [2.75, 3.05) is 5.32 Å². The molecule has 0 unspecified atom stereocenters. The van der Waals surface area contributed by atoms with Crippen LogP contribution >= 0.6 is 0 Å². The molecule has 0 bridgehead atoms. The highest BCUT2D eigenvalue weighted by molar-refractivity contribution is 6.14. The Labute approximate surface area is 139 Å². The van der Waals surface area contributed by atoms with Crippen LogP contribution < -0.4 is 11.1 Å². The van der Waals surface area contributed by atoms with Crippen LogP contribution in [0.25, 0.3) is 11.0 Å². The van der Waals surface area contributed by atoms with Crippen molar-refractivity contribution in [2.45, 2.75) is 6.18 Å². The van der Waals surface area contributed by atoms with Crippen LogP contribution in [0.1, 0.15) is 26.5 Å². The molecule has 3 aromatic rings. The minimum Gasteiger partial charge on any atom is -0.449 e. The van der Waals surface area contributed by atoms with E-state index in [0.717, 1.165) is 18.2 Å². The first-order chi connectivity index (χ1) is 11.8. The number of carbonyl (C=O) groups excluding carboxylic acids is 2. The van der Waals surface area contributed by atoms with Gasteiger partial charge in [-0.3, -0.25) is 9.59 Å². The van der Waals surface area contributed by atoms with Crippen molar-refractivity contribution in [3.8, 4) is 0 Å². The number of carbonyl (C=O) groups is 2. The Hall–Kier alpha value is -3.29. The van der Waals surface area contributed by atoms with Crippen LogP contribution in [-0.2, 0) is 6.18 Å². The third-order valence-electron chi connectivity index (χ3n) is 3.51. The molecule has 0 aliphatic rings. The second-order valence-electron chi connectivity index (χ2n) is 5.20. The Balaban J connectivity index is 2.00. The fourth-order valence-corrected chi connectivity index (χ4v) is 2.37. The Morgan fingerprint density at radius 1 is 1.04 bits per heavy atom. The minimum absolute atomic E-state index is 0.0190. The highest BCUT2D eigenvalue weighted by Gasteiger charge is 2.31. The molecule has 0 spiro atoms. The number of primary amides is 1. The Kier molecular flexibility index (Phi) is 3.96. The van der Waals surface area contributed by atoms with E-state index >= 15 is 0 Å². The molecule has 8 heteroatoms. The number of alkyl halides is 3. The van der Waals surface area contributed by atoms with Crippen molar-refractivity contribution in [1.82, 2.24) is 0 Å². The molecule has 5 nitrogen and oxygen atoms in total. The molecule has 3 rings (SSSR count). The number of rotatable bonds is 3. The molecule has 0 fully saturated rings. The molecule has 128 valence electrons. The Bertz CT molecular complexity index is 977. The van der Waals surface area contributed by atoms with Crippen LogP contribution in [0.15, 0.2) is 52.9 Å². The Morgan fingerprint density at radius 3 is 2.44 bits per heavy atom. The predicted molar refractivity (Wildman–Crippen MR) is 84.1 cm³/mol. The lowest BCUT2D eigenvalue weighted by Gasteiger charge is -2.09. The summed E-state index contributed by atoms with van der Waals surface area (Å²) in [5, 5.41) is 2.82. The Morgan fingerprint density at radius 2 is 1.76 bits per heavy atom. The number of furan rings is 1. The van der Waals surface area contributed by atoms with Crippen LogP contribution in [0, 0.1) is 0 Å². The van der Waals surface area contributed by atoms with Gasteiger partial charge in [0.2, 0.25) is 5.76 Å². The minimum atomic E-state index is -4.57. The van der Waals surface area contributed by atoms with Gasteiger partial charge in [0.05, 0.1) is 5.56 Å². The fraction of sp³-hybridized carbons (Fsp3) is 0.0588. The van der Waals surface area contributed by atoms with Gasteiger partial charge in [0.15, 0.2) is 0 Å². The van der Waals surface area contributed by atoms with Gasteiger partial charge in [0, 0.05) is 10.9 Å². The monoisotopic (exact) mass is 348 g/mol. The molecule has 0 aliphatic heterocycles. The van der Waals surface area contributed by atoms with Crippen molar-refractivity contribution < 1.29 is 27.2 Å². The zero-order valence-corrected chi connectivity index (χ0v) is 12.6. The van der Waals surface area contributed by atoms with Crippen molar-refractivity contribution in [3.05, 3.63) is 65.4 Å². The van der Waals surface area contributed by atoms with Gasteiger partial charge in [-0.2, -0.15) is 13.2 Å². The first-order valence-corrected chi connectivity index (χ1v) is 7.07. The zero-order valence-electron chi connectivity index (χ0n) is 12.6. The summed E-state index contributed by atoms with van der Waals surface area (Å²) >= 11 is 0. The fourth-order valence-electron chi connectivity index (χ4n) is 2.37. The highest BCUT2D eigenvalue weighted by Crippen LogP contribution is 2.32. The zero-order chi connectivity index (χ0) is 18.2. The quantitative estimate of drug-likeness (QED) is 0.755. The summed E-state index contributed by atoms with van der Waals surface area (Å²) in [7, 11) is 0. The summed E-state index contributed by atoms with van der Waals surface area (Å²) in [5.74, 6) is -2.00. The lowest BCUT2D eigenvalue weighted by atomic mass is 10.1. The molecule has 2 aromatic carbocycles. The summed E-state index contributed by atoms with van der Waals surface area (Å²) in [6, 6.07) is 10.4. The van der Waals surface area contributed by atoms with E-state index < -0.39 is 23.6 Å². The van der Waals surface area contributed by atoms with Crippen LogP contribution in [0.2, 0.25) is 0 Å². The van der Waals surface area contributed by atoms with Gasteiger partial charge in [0.1, 0.15) is 11.3 Å². The number of nitrogens with one attached hydrogen (secondary N) is 1. The van der Waals surface area contributed by atoms with Gasteiger partial charge in [-0.05, 0) is 30.3 Å². The average Bonchev–Trinajstić information content (AvgIpc) is 2.93. The number of anilines is 1. The predicted octanol–water partition coefficient (Wildman–Crippen LogP) is 3.80. The molecular formula is C17H11F3N2O3. The first-order valence-electron chi connectivity index (χ1n) is 7.07. The van der Waals surface area contributed by atoms with E-state index in [1.165, 1.54) is 6.07 Å². The van der Waals surface area contributed by atoms with E-state index in [9.17, 15) is 22.8 Å². The van der Waals surface area contributed by atoms with E-state index in [1.54, 1.807) is 24.3 Å². The maximum Gasteiger partial charge on any atom is 0.416 e. The first kappa shape index (κ1) is 16.6. The molecule has 1 aromatic heterocycles. The smallest absolute Gasteiger partial charge is 0.416 e. The van der Waals surface area contributed by atoms with E-state index in [2.05, 4.69) is 5.32 Å². The van der Waals surface area contributed by atoms with Gasteiger partial charge in [-0.15, -0.1) is 0 Å². The van der Waals surface area contributed by atoms with E-state index in [4.69, 9.17) is 10.2 Å². The summed E-state index contributed by atoms with van der Waals surface area (Å²) in [4.78, 5) is 23.9. The van der Waals surface area contributed by atoms with Gasteiger partial charge in [0.25, 0.3) is 11.8 Å². The summed E-state index contributed by atoms with van der Waals surface area (Å²) in [6.45, 7) is 0. The van der Waals surface area contributed by atoms with Crippen LogP contribution in [-0.4, -0.2) is 11.8 Å². The number of hydrogen-bond donors (Lipinski definition) is 2. The molecule has 0 saturated carbocycles. The molecule has 0 saturated heterocycles. The second kappa shape index (κ2) is 5.97.